The lowest BCUT2D eigenvalue weighted by atomic mass is 9.83. The number of nitrogens with one attached hydrogen (secondary N) is 1. The van der Waals surface area contributed by atoms with Crippen molar-refractivity contribution in [3.8, 4) is 0 Å². The molecule has 3 unspecified atom stereocenters. The van der Waals surface area contributed by atoms with Crippen LogP contribution in [-0.2, 0) is 4.74 Å². The molecule has 1 aliphatic rings. The molecular formula is C17H36N2O. The Morgan fingerprint density at radius 1 is 1.25 bits per heavy atom. The smallest absolute Gasteiger partial charge is 0.0477 e. The molecule has 3 heteroatoms. The number of piperazine rings is 1. The van der Waals surface area contributed by atoms with Crippen LogP contribution in [0.1, 0.15) is 54.4 Å². The van der Waals surface area contributed by atoms with E-state index in [2.05, 4.69) is 51.8 Å². The molecule has 3 nitrogen and oxygen atoms in total. The van der Waals surface area contributed by atoms with Crippen LogP contribution in [-0.4, -0.2) is 49.8 Å². The number of hydrogen-bond acceptors (Lipinski definition) is 3. The third-order valence-electron chi connectivity index (χ3n) is 4.56. The molecular weight excluding hydrogens is 248 g/mol. The molecule has 3 atom stereocenters. The second-order valence-corrected chi connectivity index (χ2v) is 7.94. The van der Waals surface area contributed by atoms with E-state index in [4.69, 9.17) is 4.74 Å². The normalized spacial score (nSPS) is 27.0. The summed E-state index contributed by atoms with van der Waals surface area (Å²) in [5.41, 5.74) is 0.321. The van der Waals surface area contributed by atoms with E-state index >= 15 is 0 Å². The molecule has 0 aromatic heterocycles. The van der Waals surface area contributed by atoms with Gasteiger partial charge in [0.1, 0.15) is 0 Å². The first kappa shape index (κ1) is 17.9. The summed E-state index contributed by atoms with van der Waals surface area (Å²) in [7, 11) is 1.80. The average Bonchev–Trinajstić information content (AvgIpc) is 2.34. The number of ether oxygens (including phenoxy) is 1. The molecule has 1 fully saturated rings. The lowest BCUT2D eigenvalue weighted by molar-refractivity contribution is 0.0339. The predicted octanol–water partition coefficient (Wildman–Crippen LogP) is 3.15. The van der Waals surface area contributed by atoms with Gasteiger partial charge in [0.2, 0.25) is 0 Å². The van der Waals surface area contributed by atoms with Crippen molar-refractivity contribution >= 4 is 0 Å². The molecule has 1 rings (SSSR count). The van der Waals surface area contributed by atoms with Crippen molar-refractivity contribution < 1.29 is 4.74 Å². The van der Waals surface area contributed by atoms with Gasteiger partial charge in [-0.25, -0.2) is 0 Å². The van der Waals surface area contributed by atoms with Crippen molar-refractivity contribution in [1.82, 2.24) is 10.2 Å². The van der Waals surface area contributed by atoms with Crippen LogP contribution in [0.2, 0.25) is 0 Å². The van der Waals surface area contributed by atoms with Crippen LogP contribution in [0.15, 0.2) is 0 Å². The molecule has 1 N–H and O–H groups in total. The Balaban J connectivity index is 2.72. The number of rotatable bonds is 6. The highest BCUT2D eigenvalue weighted by Gasteiger charge is 2.35. The topological polar surface area (TPSA) is 24.5 Å². The van der Waals surface area contributed by atoms with Crippen LogP contribution in [0.4, 0.5) is 0 Å². The minimum atomic E-state index is 0.321. The van der Waals surface area contributed by atoms with Gasteiger partial charge in [-0.05, 0) is 31.1 Å². The number of methoxy groups -OCH3 is 1. The Kier molecular flexibility index (Phi) is 6.96. The van der Waals surface area contributed by atoms with Crippen molar-refractivity contribution in [3.63, 3.8) is 0 Å². The first-order valence-electron chi connectivity index (χ1n) is 8.23. The van der Waals surface area contributed by atoms with Gasteiger partial charge < -0.3 is 10.1 Å². The Morgan fingerprint density at radius 3 is 2.40 bits per heavy atom. The summed E-state index contributed by atoms with van der Waals surface area (Å²) in [5, 5.41) is 3.78. The van der Waals surface area contributed by atoms with Crippen LogP contribution in [0.3, 0.4) is 0 Å². The third kappa shape index (κ3) is 5.34. The second-order valence-electron chi connectivity index (χ2n) is 7.94. The molecule has 0 saturated carbocycles. The van der Waals surface area contributed by atoms with Gasteiger partial charge >= 0.3 is 0 Å². The quantitative estimate of drug-likeness (QED) is 0.811. The maximum absolute atomic E-state index is 5.27. The highest BCUT2D eigenvalue weighted by atomic mass is 16.5. The Hall–Kier alpha value is -0.120. The fraction of sp³-hybridized carbons (Fsp3) is 1.00. The Bertz CT molecular complexity index is 273. The Labute approximate surface area is 126 Å². The maximum Gasteiger partial charge on any atom is 0.0477 e. The zero-order valence-electron chi connectivity index (χ0n) is 14.7. The first-order chi connectivity index (χ1) is 9.25. The van der Waals surface area contributed by atoms with Gasteiger partial charge in [-0.15, -0.1) is 0 Å². The van der Waals surface area contributed by atoms with Crippen molar-refractivity contribution in [1.29, 1.82) is 0 Å². The molecule has 120 valence electrons. The average molecular weight is 284 g/mol. The molecule has 1 heterocycles. The summed E-state index contributed by atoms with van der Waals surface area (Å²) in [6.45, 7) is 17.2. The van der Waals surface area contributed by atoms with Crippen molar-refractivity contribution in [3.05, 3.63) is 0 Å². The second kappa shape index (κ2) is 7.77. The van der Waals surface area contributed by atoms with E-state index in [1.807, 2.05) is 0 Å². The zero-order chi connectivity index (χ0) is 15.3. The van der Waals surface area contributed by atoms with Gasteiger partial charge in [0.25, 0.3) is 0 Å². The lowest BCUT2D eigenvalue weighted by Crippen LogP contribution is -2.62. The fourth-order valence-electron chi connectivity index (χ4n) is 3.16. The van der Waals surface area contributed by atoms with Crippen molar-refractivity contribution in [2.75, 3.05) is 26.8 Å². The van der Waals surface area contributed by atoms with Crippen molar-refractivity contribution in [2.24, 2.45) is 11.3 Å². The highest BCUT2D eigenvalue weighted by Crippen LogP contribution is 2.27. The fourth-order valence-corrected chi connectivity index (χ4v) is 3.16. The molecule has 0 aromatic rings. The van der Waals surface area contributed by atoms with Gasteiger partial charge in [0, 0.05) is 44.9 Å². The SMILES string of the molecule is COCCC(C)N1CC(C(C)(C)C)NCC1CC(C)C. The van der Waals surface area contributed by atoms with Crippen LogP contribution < -0.4 is 5.32 Å². The van der Waals surface area contributed by atoms with Crippen LogP contribution in [0.25, 0.3) is 0 Å². The predicted molar refractivity (Wildman–Crippen MR) is 87.1 cm³/mol. The van der Waals surface area contributed by atoms with Crippen LogP contribution in [0, 0.1) is 11.3 Å². The van der Waals surface area contributed by atoms with E-state index in [9.17, 15) is 0 Å². The summed E-state index contributed by atoms with van der Waals surface area (Å²) in [6.07, 6.45) is 2.41. The van der Waals surface area contributed by atoms with E-state index in [0.717, 1.165) is 32.0 Å². The summed E-state index contributed by atoms with van der Waals surface area (Å²) < 4.78 is 5.27. The third-order valence-corrected chi connectivity index (χ3v) is 4.56. The molecule has 0 aliphatic carbocycles. The van der Waals surface area contributed by atoms with Gasteiger partial charge in [-0.1, -0.05) is 34.6 Å². The Morgan fingerprint density at radius 2 is 1.90 bits per heavy atom. The minimum absolute atomic E-state index is 0.321. The first-order valence-corrected chi connectivity index (χ1v) is 8.23. The van der Waals surface area contributed by atoms with E-state index in [1.165, 1.54) is 6.42 Å². The van der Waals surface area contributed by atoms with Gasteiger partial charge in [-0.3, -0.25) is 4.90 Å². The highest BCUT2D eigenvalue weighted by molar-refractivity contribution is 4.93. The molecule has 0 bridgehead atoms. The molecule has 1 aliphatic heterocycles. The zero-order valence-corrected chi connectivity index (χ0v) is 14.7. The largest absolute Gasteiger partial charge is 0.385 e. The standard InChI is InChI=1S/C17H36N2O/c1-13(2)10-15-11-18-16(17(4,5)6)12-19(15)14(3)8-9-20-7/h13-16,18H,8-12H2,1-7H3. The molecule has 0 radical (unpaired) electrons. The summed E-state index contributed by atoms with van der Waals surface area (Å²) in [4.78, 5) is 2.73. The van der Waals surface area contributed by atoms with E-state index in [-0.39, 0.29) is 0 Å². The van der Waals surface area contributed by atoms with Crippen LogP contribution >= 0.6 is 0 Å². The molecule has 1 saturated heterocycles. The van der Waals surface area contributed by atoms with E-state index in [1.54, 1.807) is 7.11 Å². The minimum Gasteiger partial charge on any atom is -0.385 e. The summed E-state index contributed by atoms with van der Waals surface area (Å²) in [5.74, 6) is 0.755. The molecule has 0 spiro atoms. The lowest BCUT2D eigenvalue weighted by Gasteiger charge is -2.48. The van der Waals surface area contributed by atoms with Gasteiger partial charge in [0.15, 0.2) is 0 Å². The van der Waals surface area contributed by atoms with Crippen molar-refractivity contribution in [2.45, 2.75) is 72.5 Å². The molecule has 0 amide bonds. The molecule has 0 aromatic carbocycles. The van der Waals surface area contributed by atoms with Gasteiger partial charge in [-0.2, -0.15) is 0 Å². The van der Waals surface area contributed by atoms with E-state index < -0.39 is 0 Å². The van der Waals surface area contributed by atoms with Crippen LogP contribution in [0.5, 0.6) is 0 Å². The number of hydrogen-bond donors (Lipinski definition) is 1. The maximum atomic E-state index is 5.27. The monoisotopic (exact) mass is 284 g/mol. The van der Waals surface area contributed by atoms with E-state index in [0.29, 0.717) is 23.5 Å². The number of nitrogens with zero attached hydrogens (tertiary/aromatic N) is 1. The van der Waals surface area contributed by atoms with Gasteiger partial charge in [0.05, 0.1) is 0 Å². The summed E-state index contributed by atoms with van der Waals surface area (Å²) >= 11 is 0. The molecule has 20 heavy (non-hydrogen) atoms. The summed E-state index contributed by atoms with van der Waals surface area (Å²) in [6, 6.07) is 1.85.